The molecule has 0 spiro atoms. The molecule has 2 rings (SSSR count). The molecule has 0 radical (unpaired) electrons. The number of carbonyl (C=O) groups is 1. The molecule has 2 heterocycles. The quantitative estimate of drug-likeness (QED) is 0.870. The Hall–Kier alpha value is -0.940. The van der Waals surface area contributed by atoms with E-state index in [2.05, 4.69) is 26.2 Å². The van der Waals surface area contributed by atoms with Crippen molar-refractivity contribution < 1.29 is 9.53 Å². The number of nitrogens with one attached hydrogen (secondary N) is 1. The van der Waals surface area contributed by atoms with Crippen molar-refractivity contribution in [3.05, 3.63) is 28.5 Å². The molecule has 0 bridgehead atoms. The molecule has 0 aromatic carbocycles. The SMILES string of the molecule is CC(NC(=O)c1ccnc(Br)c1)C1CCCO1. The van der Waals surface area contributed by atoms with Crippen LogP contribution in [0.1, 0.15) is 30.1 Å². The van der Waals surface area contributed by atoms with Crippen LogP contribution in [0.15, 0.2) is 22.9 Å². The third-order valence-corrected chi connectivity index (χ3v) is 3.30. The summed E-state index contributed by atoms with van der Waals surface area (Å²) in [4.78, 5) is 15.9. The van der Waals surface area contributed by atoms with E-state index in [0.717, 1.165) is 19.4 Å². The van der Waals surface area contributed by atoms with Gasteiger partial charge >= 0.3 is 0 Å². The molecule has 92 valence electrons. The lowest BCUT2D eigenvalue weighted by Crippen LogP contribution is -2.40. The Morgan fingerprint density at radius 2 is 2.53 bits per heavy atom. The van der Waals surface area contributed by atoms with Crippen molar-refractivity contribution in [3.8, 4) is 0 Å². The number of pyridine rings is 1. The Balaban J connectivity index is 1.96. The molecule has 0 aliphatic carbocycles. The molecule has 1 aromatic heterocycles. The molecule has 17 heavy (non-hydrogen) atoms. The Morgan fingerprint density at radius 1 is 1.71 bits per heavy atom. The average Bonchev–Trinajstić information content (AvgIpc) is 2.82. The third-order valence-electron chi connectivity index (χ3n) is 2.87. The van der Waals surface area contributed by atoms with Crippen molar-refractivity contribution in [3.63, 3.8) is 0 Å². The molecule has 2 atom stereocenters. The molecule has 5 heteroatoms. The van der Waals surface area contributed by atoms with Gasteiger partial charge in [-0.25, -0.2) is 4.98 Å². The first-order chi connectivity index (χ1) is 8.16. The van der Waals surface area contributed by atoms with E-state index in [4.69, 9.17) is 4.74 Å². The maximum atomic E-state index is 11.9. The van der Waals surface area contributed by atoms with E-state index in [0.29, 0.717) is 10.2 Å². The van der Waals surface area contributed by atoms with Gasteiger partial charge in [0.25, 0.3) is 5.91 Å². The van der Waals surface area contributed by atoms with E-state index < -0.39 is 0 Å². The van der Waals surface area contributed by atoms with Gasteiger partial charge in [-0.05, 0) is 47.8 Å². The number of hydrogen-bond acceptors (Lipinski definition) is 3. The van der Waals surface area contributed by atoms with E-state index in [1.165, 1.54) is 0 Å². The zero-order valence-electron chi connectivity index (χ0n) is 9.65. The fraction of sp³-hybridized carbons (Fsp3) is 0.500. The summed E-state index contributed by atoms with van der Waals surface area (Å²) in [5.41, 5.74) is 0.608. The van der Waals surface area contributed by atoms with Crippen LogP contribution in [0.5, 0.6) is 0 Å². The Labute approximate surface area is 109 Å². The molecule has 1 aromatic rings. The highest BCUT2D eigenvalue weighted by Gasteiger charge is 2.23. The van der Waals surface area contributed by atoms with Gasteiger partial charge in [0.1, 0.15) is 4.60 Å². The Bertz CT molecular complexity index is 405. The lowest BCUT2D eigenvalue weighted by Gasteiger charge is -2.19. The average molecular weight is 299 g/mol. The van der Waals surface area contributed by atoms with Gasteiger partial charge in [-0.2, -0.15) is 0 Å². The van der Waals surface area contributed by atoms with Gasteiger partial charge in [0, 0.05) is 18.4 Å². The van der Waals surface area contributed by atoms with Crippen molar-refractivity contribution in [2.45, 2.75) is 31.9 Å². The standard InChI is InChI=1S/C12H15BrN2O2/c1-8(10-3-2-6-17-10)15-12(16)9-4-5-14-11(13)7-9/h4-5,7-8,10H,2-3,6H2,1H3,(H,15,16). The first kappa shape index (κ1) is 12.5. The van der Waals surface area contributed by atoms with Gasteiger partial charge in [0.05, 0.1) is 12.1 Å². The molecule has 1 N–H and O–H groups in total. The lowest BCUT2D eigenvalue weighted by atomic mass is 10.1. The highest BCUT2D eigenvalue weighted by Crippen LogP contribution is 2.16. The van der Waals surface area contributed by atoms with Gasteiger partial charge in [-0.3, -0.25) is 4.79 Å². The van der Waals surface area contributed by atoms with Gasteiger partial charge in [0.15, 0.2) is 0 Å². The number of carbonyl (C=O) groups excluding carboxylic acids is 1. The van der Waals surface area contributed by atoms with Crippen molar-refractivity contribution >= 4 is 21.8 Å². The summed E-state index contributed by atoms with van der Waals surface area (Å²) in [6.07, 6.45) is 3.84. The molecule has 0 saturated carbocycles. The van der Waals surface area contributed by atoms with Crippen LogP contribution in [0, 0.1) is 0 Å². The molecule has 4 nitrogen and oxygen atoms in total. The maximum Gasteiger partial charge on any atom is 0.251 e. The van der Waals surface area contributed by atoms with Crippen LogP contribution in [0.3, 0.4) is 0 Å². The first-order valence-electron chi connectivity index (χ1n) is 5.71. The highest BCUT2D eigenvalue weighted by atomic mass is 79.9. The summed E-state index contributed by atoms with van der Waals surface area (Å²) in [6, 6.07) is 3.44. The number of rotatable bonds is 3. The van der Waals surface area contributed by atoms with Gasteiger partial charge in [-0.1, -0.05) is 0 Å². The summed E-state index contributed by atoms with van der Waals surface area (Å²) in [7, 11) is 0. The zero-order valence-corrected chi connectivity index (χ0v) is 11.2. The predicted molar refractivity (Wildman–Crippen MR) is 67.8 cm³/mol. The molecule has 2 unspecified atom stereocenters. The number of halogens is 1. The second kappa shape index (κ2) is 5.60. The summed E-state index contributed by atoms with van der Waals surface area (Å²) < 4.78 is 6.20. The summed E-state index contributed by atoms with van der Waals surface area (Å²) >= 11 is 3.25. The van der Waals surface area contributed by atoms with Gasteiger partial charge in [0.2, 0.25) is 0 Å². The fourth-order valence-electron chi connectivity index (χ4n) is 1.92. The summed E-state index contributed by atoms with van der Waals surface area (Å²) in [6.45, 7) is 2.77. The van der Waals surface area contributed by atoms with Crippen molar-refractivity contribution in [1.82, 2.24) is 10.3 Å². The Kier molecular flexibility index (Phi) is 4.12. The molecular weight excluding hydrogens is 284 g/mol. The molecule has 1 amide bonds. The third kappa shape index (κ3) is 3.26. The monoisotopic (exact) mass is 298 g/mol. The number of ether oxygens (including phenoxy) is 1. The van der Waals surface area contributed by atoms with Gasteiger partial charge < -0.3 is 10.1 Å². The van der Waals surface area contributed by atoms with Gasteiger partial charge in [-0.15, -0.1) is 0 Å². The van der Waals surface area contributed by atoms with Crippen LogP contribution in [0.2, 0.25) is 0 Å². The van der Waals surface area contributed by atoms with Crippen LogP contribution in [0.25, 0.3) is 0 Å². The topological polar surface area (TPSA) is 51.2 Å². The molecule has 1 aliphatic rings. The van der Waals surface area contributed by atoms with Crippen molar-refractivity contribution in [1.29, 1.82) is 0 Å². The smallest absolute Gasteiger partial charge is 0.251 e. The summed E-state index contributed by atoms with van der Waals surface area (Å²) in [5.74, 6) is -0.0869. The minimum atomic E-state index is -0.0869. The largest absolute Gasteiger partial charge is 0.376 e. The minimum Gasteiger partial charge on any atom is -0.376 e. The summed E-state index contributed by atoms with van der Waals surface area (Å²) in [5, 5.41) is 2.95. The second-order valence-corrected chi connectivity index (χ2v) is 4.99. The lowest BCUT2D eigenvalue weighted by molar-refractivity contribution is 0.0712. The normalized spacial score (nSPS) is 21.2. The molecule has 1 saturated heterocycles. The predicted octanol–water partition coefficient (Wildman–Crippen LogP) is 2.14. The highest BCUT2D eigenvalue weighted by molar-refractivity contribution is 9.10. The number of aromatic nitrogens is 1. The molecule has 1 aliphatic heterocycles. The number of amides is 1. The van der Waals surface area contributed by atoms with Crippen LogP contribution in [0.4, 0.5) is 0 Å². The van der Waals surface area contributed by atoms with Crippen molar-refractivity contribution in [2.75, 3.05) is 6.61 Å². The second-order valence-electron chi connectivity index (χ2n) is 4.18. The van der Waals surface area contributed by atoms with Crippen molar-refractivity contribution in [2.24, 2.45) is 0 Å². The van der Waals surface area contributed by atoms with Crippen LogP contribution in [-0.4, -0.2) is 29.6 Å². The molecular formula is C12H15BrN2O2. The number of nitrogens with zero attached hydrogens (tertiary/aromatic N) is 1. The van der Waals surface area contributed by atoms with Crippen LogP contribution >= 0.6 is 15.9 Å². The van der Waals surface area contributed by atoms with E-state index in [-0.39, 0.29) is 18.1 Å². The molecule has 1 fully saturated rings. The van der Waals surface area contributed by atoms with Crippen LogP contribution in [-0.2, 0) is 4.74 Å². The van der Waals surface area contributed by atoms with E-state index in [9.17, 15) is 4.79 Å². The fourth-order valence-corrected chi connectivity index (χ4v) is 2.29. The van der Waals surface area contributed by atoms with E-state index in [1.807, 2.05) is 6.92 Å². The zero-order chi connectivity index (χ0) is 12.3. The van der Waals surface area contributed by atoms with Crippen LogP contribution < -0.4 is 5.32 Å². The van der Waals surface area contributed by atoms with E-state index >= 15 is 0 Å². The Morgan fingerprint density at radius 3 is 3.18 bits per heavy atom. The first-order valence-corrected chi connectivity index (χ1v) is 6.50. The number of hydrogen-bond donors (Lipinski definition) is 1. The van der Waals surface area contributed by atoms with E-state index in [1.54, 1.807) is 18.3 Å². The maximum absolute atomic E-state index is 11.9. The minimum absolute atomic E-state index is 0.0388.